The number of nitrogens with zero attached hydrogens (tertiary/aromatic N) is 2. The smallest absolute Gasteiger partial charge is 0.223 e. The van der Waals surface area contributed by atoms with Crippen molar-refractivity contribution in [1.82, 2.24) is 14.9 Å². The van der Waals surface area contributed by atoms with Gasteiger partial charge >= 0.3 is 0 Å². The summed E-state index contributed by atoms with van der Waals surface area (Å²) >= 11 is 12.2. The molecule has 0 aliphatic rings. The molecule has 0 fully saturated rings. The Morgan fingerprint density at radius 2 is 1.86 bits per heavy atom. The first-order chi connectivity index (χ1) is 13.5. The SMILES string of the molecule is CCC(CC)C(=O)NCCc1nc2ccccc2n1Cc1ccc(Cl)c(Cl)c1. The number of imidazole rings is 1. The van der Waals surface area contributed by atoms with Gasteiger partial charge in [-0.1, -0.05) is 55.2 Å². The average Bonchev–Trinajstić information content (AvgIpc) is 3.03. The molecule has 6 heteroatoms. The molecule has 3 rings (SSSR count). The van der Waals surface area contributed by atoms with Crippen molar-refractivity contribution in [2.24, 2.45) is 5.92 Å². The van der Waals surface area contributed by atoms with Crippen LogP contribution in [0.1, 0.15) is 38.1 Å². The van der Waals surface area contributed by atoms with Gasteiger partial charge in [-0.3, -0.25) is 4.79 Å². The molecule has 0 bridgehead atoms. The van der Waals surface area contributed by atoms with E-state index < -0.39 is 0 Å². The van der Waals surface area contributed by atoms with Gasteiger partial charge in [-0.25, -0.2) is 4.98 Å². The number of para-hydroxylation sites is 2. The van der Waals surface area contributed by atoms with E-state index in [1.54, 1.807) is 0 Å². The van der Waals surface area contributed by atoms with Gasteiger partial charge in [0.1, 0.15) is 5.82 Å². The van der Waals surface area contributed by atoms with E-state index in [4.69, 9.17) is 28.2 Å². The maximum absolute atomic E-state index is 12.2. The highest BCUT2D eigenvalue weighted by Crippen LogP contribution is 2.24. The molecule has 1 amide bonds. The molecular weight excluding hydrogens is 393 g/mol. The van der Waals surface area contributed by atoms with Crippen molar-refractivity contribution >= 4 is 40.1 Å². The molecular formula is C22H25Cl2N3O. The quantitative estimate of drug-likeness (QED) is 0.526. The lowest BCUT2D eigenvalue weighted by atomic mass is 10.0. The summed E-state index contributed by atoms with van der Waals surface area (Å²) in [5, 5.41) is 4.14. The zero-order valence-corrected chi connectivity index (χ0v) is 17.7. The molecule has 0 unspecified atom stereocenters. The molecule has 2 aromatic carbocycles. The van der Waals surface area contributed by atoms with Gasteiger partial charge in [0, 0.05) is 25.4 Å². The van der Waals surface area contributed by atoms with E-state index in [1.807, 2.05) is 50.2 Å². The topological polar surface area (TPSA) is 46.9 Å². The minimum atomic E-state index is 0.0787. The Labute approximate surface area is 175 Å². The predicted molar refractivity (Wildman–Crippen MR) is 116 cm³/mol. The van der Waals surface area contributed by atoms with E-state index >= 15 is 0 Å². The number of rotatable bonds is 8. The molecule has 0 saturated heterocycles. The number of fused-ring (bicyclic) bond motifs is 1. The van der Waals surface area contributed by atoms with Crippen molar-refractivity contribution in [1.29, 1.82) is 0 Å². The van der Waals surface area contributed by atoms with E-state index in [-0.39, 0.29) is 11.8 Å². The molecule has 0 aliphatic heterocycles. The van der Waals surface area contributed by atoms with Crippen molar-refractivity contribution in [3.05, 3.63) is 63.9 Å². The molecule has 4 nitrogen and oxygen atoms in total. The molecule has 0 radical (unpaired) electrons. The highest BCUT2D eigenvalue weighted by molar-refractivity contribution is 6.42. The monoisotopic (exact) mass is 417 g/mol. The normalized spacial score (nSPS) is 11.3. The largest absolute Gasteiger partial charge is 0.355 e. The lowest BCUT2D eigenvalue weighted by molar-refractivity contribution is -0.125. The van der Waals surface area contributed by atoms with Crippen molar-refractivity contribution in [3.63, 3.8) is 0 Å². The number of hydrogen-bond acceptors (Lipinski definition) is 2. The highest BCUT2D eigenvalue weighted by atomic mass is 35.5. The van der Waals surface area contributed by atoms with Crippen LogP contribution >= 0.6 is 23.2 Å². The van der Waals surface area contributed by atoms with E-state index in [0.29, 0.717) is 29.6 Å². The zero-order valence-electron chi connectivity index (χ0n) is 16.2. The standard InChI is InChI=1S/C22H25Cl2N3O/c1-3-16(4-2)22(28)25-12-11-21-26-19-7-5-6-8-20(19)27(21)14-15-9-10-17(23)18(24)13-15/h5-10,13,16H,3-4,11-12,14H2,1-2H3,(H,25,28). The van der Waals surface area contributed by atoms with Crippen LogP contribution in [-0.4, -0.2) is 22.0 Å². The van der Waals surface area contributed by atoms with Crippen LogP contribution in [0, 0.1) is 5.92 Å². The van der Waals surface area contributed by atoms with Gasteiger partial charge in [0.2, 0.25) is 5.91 Å². The first kappa shape index (κ1) is 20.7. The van der Waals surface area contributed by atoms with Crippen LogP contribution in [0.5, 0.6) is 0 Å². The summed E-state index contributed by atoms with van der Waals surface area (Å²) in [7, 11) is 0. The Hall–Kier alpha value is -2.04. The Bertz CT molecular complexity index is 964. The number of hydrogen-bond donors (Lipinski definition) is 1. The van der Waals surface area contributed by atoms with Crippen LogP contribution in [0.4, 0.5) is 0 Å². The van der Waals surface area contributed by atoms with E-state index in [2.05, 4.69) is 16.0 Å². The zero-order chi connectivity index (χ0) is 20.1. The molecule has 0 spiro atoms. The molecule has 3 aromatic rings. The number of amides is 1. The Morgan fingerprint density at radius 3 is 2.57 bits per heavy atom. The molecule has 148 valence electrons. The Balaban J connectivity index is 1.81. The second-order valence-corrected chi connectivity index (χ2v) is 7.72. The minimum absolute atomic E-state index is 0.0787. The van der Waals surface area contributed by atoms with Gasteiger partial charge in [0.25, 0.3) is 0 Å². The summed E-state index contributed by atoms with van der Waals surface area (Å²) in [4.78, 5) is 17.0. The van der Waals surface area contributed by atoms with E-state index in [1.165, 1.54) is 0 Å². The molecule has 28 heavy (non-hydrogen) atoms. The van der Waals surface area contributed by atoms with E-state index in [0.717, 1.165) is 35.3 Å². The second-order valence-electron chi connectivity index (χ2n) is 6.91. The first-order valence-electron chi connectivity index (χ1n) is 9.69. The van der Waals surface area contributed by atoms with Gasteiger partial charge in [-0.05, 0) is 42.7 Å². The fourth-order valence-electron chi connectivity index (χ4n) is 3.41. The fraction of sp³-hybridized carbons (Fsp3) is 0.364. The Kier molecular flexibility index (Phi) is 6.97. The first-order valence-corrected chi connectivity index (χ1v) is 10.4. The number of halogens is 2. The van der Waals surface area contributed by atoms with Crippen molar-refractivity contribution in [2.45, 2.75) is 39.7 Å². The van der Waals surface area contributed by atoms with Crippen molar-refractivity contribution < 1.29 is 4.79 Å². The summed E-state index contributed by atoms with van der Waals surface area (Å²) < 4.78 is 2.18. The van der Waals surface area contributed by atoms with Crippen molar-refractivity contribution in [2.75, 3.05) is 6.54 Å². The number of carbonyl (C=O) groups excluding carboxylic acids is 1. The number of benzene rings is 2. The lowest BCUT2D eigenvalue weighted by Crippen LogP contribution is -2.32. The second kappa shape index (κ2) is 9.44. The van der Waals surface area contributed by atoms with Gasteiger partial charge < -0.3 is 9.88 Å². The third-order valence-electron chi connectivity index (χ3n) is 5.06. The summed E-state index contributed by atoms with van der Waals surface area (Å²) in [6.45, 7) is 5.31. The van der Waals surface area contributed by atoms with Crippen molar-refractivity contribution in [3.8, 4) is 0 Å². The van der Waals surface area contributed by atoms with Crippen LogP contribution < -0.4 is 5.32 Å². The lowest BCUT2D eigenvalue weighted by Gasteiger charge is -2.13. The molecule has 0 aliphatic carbocycles. The molecule has 0 atom stereocenters. The molecule has 1 heterocycles. The third kappa shape index (κ3) is 4.68. The summed E-state index contributed by atoms with van der Waals surface area (Å²) in [5.41, 5.74) is 3.07. The molecule has 1 N–H and O–H groups in total. The summed E-state index contributed by atoms with van der Waals surface area (Å²) in [6.07, 6.45) is 2.39. The van der Waals surface area contributed by atoms with Gasteiger partial charge in [0.15, 0.2) is 0 Å². The minimum Gasteiger partial charge on any atom is -0.355 e. The highest BCUT2D eigenvalue weighted by Gasteiger charge is 2.15. The van der Waals surface area contributed by atoms with E-state index in [9.17, 15) is 4.79 Å². The van der Waals surface area contributed by atoms with Crippen LogP contribution in [0.15, 0.2) is 42.5 Å². The summed E-state index contributed by atoms with van der Waals surface area (Å²) in [6, 6.07) is 13.7. The maximum Gasteiger partial charge on any atom is 0.223 e. The average molecular weight is 418 g/mol. The molecule has 0 saturated carbocycles. The molecule has 1 aromatic heterocycles. The third-order valence-corrected chi connectivity index (χ3v) is 5.80. The fourth-order valence-corrected chi connectivity index (χ4v) is 3.74. The maximum atomic E-state index is 12.2. The van der Waals surface area contributed by atoms with Gasteiger partial charge in [-0.2, -0.15) is 0 Å². The van der Waals surface area contributed by atoms with Crippen LogP contribution in [0.2, 0.25) is 10.0 Å². The van der Waals surface area contributed by atoms with Gasteiger partial charge in [0.05, 0.1) is 21.1 Å². The van der Waals surface area contributed by atoms with Crippen LogP contribution in [-0.2, 0) is 17.8 Å². The summed E-state index contributed by atoms with van der Waals surface area (Å²) in [5.74, 6) is 1.14. The predicted octanol–water partition coefficient (Wildman–Crippen LogP) is 5.49. The van der Waals surface area contributed by atoms with Crippen LogP contribution in [0.25, 0.3) is 11.0 Å². The number of nitrogens with one attached hydrogen (secondary N) is 1. The Morgan fingerprint density at radius 1 is 1.11 bits per heavy atom. The van der Waals surface area contributed by atoms with Gasteiger partial charge in [-0.15, -0.1) is 0 Å². The van der Waals surface area contributed by atoms with Crippen LogP contribution in [0.3, 0.4) is 0 Å². The number of aromatic nitrogens is 2. The number of carbonyl (C=O) groups is 1.